The summed E-state index contributed by atoms with van der Waals surface area (Å²) < 4.78 is 42.2. The second-order valence-corrected chi connectivity index (χ2v) is 15.2. The highest BCUT2D eigenvalue weighted by Gasteiger charge is 2.28. The lowest BCUT2D eigenvalue weighted by atomic mass is 9.92. The van der Waals surface area contributed by atoms with Gasteiger partial charge in [-0.05, 0) is 92.1 Å². The molecule has 5 aromatic rings. The number of halogens is 4. The molecule has 1 heterocycles. The number of nitrogens with zero attached hydrogens (tertiary/aromatic N) is 5. The largest absolute Gasteiger partial charge is 0.466 e. The molecule has 1 aromatic heterocycles. The number of nitriles is 2. The number of hydrogen-bond donors (Lipinski definition) is 2. The Morgan fingerprint density at radius 3 is 1.93 bits per heavy atom. The molecule has 0 spiro atoms. The first-order valence-electron chi connectivity index (χ1n) is 19.5. The molecule has 0 bridgehead atoms. The third-order valence-corrected chi connectivity index (χ3v) is 10.3. The number of amides is 1. The van der Waals surface area contributed by atoms with Crippen LogP contribution in [0.15, 0.2) is 85.1 Å². The molecule has 12 nitrogen and oxygen atoms in total. The van der Waals surface area contributed by atoms with E-state index in [1.807, 2.05) is 12.1 Å². The van der Waals surface area contributed by atoms with Crippen LogP contribution in [0.1, 0.15) is 61.1 Å². The molecule has 0 saturated carbocycles. The van der Waals surface area contributed by atoms with Crippen LogP contribution in [0, 0.1) is 46.1 Å². The number of carbonyl (C=O) groups excluding carboxylic acids is 3. The van der Waals surface area contributed by atoms with Crippen molar-refractivity contribution < 1.29 is 32.6 Å². The topological polar surface area (TPSA) is 186 Å². The molecule has 0 saturated heterocycles. The Balaban J connectivity index is 1.34. The minimum atomic E-state index is -0.853. The fraction of sp³-hybridized carbons (Fsp3) is 0.311. The van der Waals surface area contributed by atoms with E-state index in [1.165, 1.54) is 36.5 Å². The first-order chi connectivity index (χ1) is 29.3. The summed E-state index contributed by atoms with van der Waals surface area (Å²) in [5.41, 5.74) is 9.21. The van der Waals surface area contributed by atoms with Gasteiger partial charge in [-0.1, -0.05) is 76.9 Å². The first kappa shape index (κ1) is 45.9. The highest BCUT2D eigenvalue weighted by Crippen LogP contribution is 2.32. The molecule has 61 heavy (non-hydrogen) atoms. The standard InChI is InChI=1S/C45H43Cl2F2N7O5/c1-3-60-44(58)31(15-17-50)21-35(52)19-27-5-11-30(12-6-27)38-24-34(47)25-41(42(38)49)56-26-40(54-55-56)43(57)53-36(22-32(16-18-51)45(59)61-4-2)20-28-7-9-29(10-8-28)37-23-33(46)13-14-39(37)48/h5-14,23-26,31-32,35-36H,3-4,15-16,19-22,52H2,1-2H3,(H,53,57)/t31-,32-,35-,36-/m1/s1. The van der Waals surface area contributed by atoms with Crippen molar-refractivity contribution in [3.05, 3.63) is 124 Å². The highest BCUT2D eigenvalue weighted by atomic mass is 35.5. The molecular formula is C45H43Cl2F2N7O5. The zero-order valence-corrected chi connectivity index (χ0v) is 34.9. The first-order valence-corrected chi connectivity index (χ1v) is 20.3. The van der Waals surface area contributed by atoms with Crippen LogP contribution in [0.4, 0.5) is 8.78 Å². The maximum absolute atomic E-state index is 16.2. The third kappa shape index (κ3) is 12.4. The van der Waals surface area contributed by atoms with Crippen LogP contribution in [0.3, 0.4) is 0 Å². The van der Waals surface area contributed by atoms with Gasteiger partial charge in [0.2, 0.25) is 0 Å². The number of hydrogen-bond acceptors (Lipinski definition) is 10. The van der Waals surface area contributed by atoms with Gasteiger partial charge in [0.25, 0.3) is 5.91 Å². The number of carbonyl (C=O) groups is 3. The van der Waals surface area contributed by atoms with Crippen molar-refractivity contribution in [3.63, 3.8) is 0 Å². The molecule has 0 aliphatic heterocycles. The lowest BCUT2D eigenvalue weighted by Crippen LogP contribution is -2.39. The van der Waals surface area contributed by atoms with Crippen molar-refractivity contribution >= 4 is 41.0 Å². The van der Waals surface area contributed by atoms with Crippen molar-refractivity contribution in [2.24, 2.45) is 17.6 Å². The number of nitrogens with two attached hydrogens (primary N) is 1. The molecule has 0 radical (unpaired) electrons. The molecule has 4 atom stereocenters. The fourth-order valence-corrected chi connectivity index (χ4v) is 7.28. The summed E-state index contributed by atoms with van der Waals surface area (Å²) in [6.45, 7) is 3.66. The van der Waals surface area contributed by atoms with Crippen molar-refractivity contribution in [2.45, 2.75) is 64.5 Å². The van der Waals surface area contributed by atoms with E-state index in [0.29, 0.717) is 28.1 Å². The van der Waals surface area contributed by atoms with Crippen molar-refractivity contribution in [1.29, 1.82) is 10.5 Å². The van der Waals surface area contributed by atoms with E-state index < -0.39 is 53.4 Å². The minimum Gasteiger partial charge on any atom is -0.466 e. The summed E-state index contributed by atoms with van der Waals surface area (Å²) in [7, 11) is 0. The second-order valence-electron chi connectivity index (χ2n) is 14.3. The highest BCUT2D eigenvalue weighted by molar-refractivity contribution is 6.31. The molecule has 3 N–H and O–H groups in total. The van der Waals surface area contributed by atoms with E-state index in [1.54, 1.807) is 62.4 Å². The van der Waals surface area contributed by atoms with Crippen molar-refractivity contribution in [3.8, 4) is 40.1 Å². The second kappa shape index (κ2) is 21.9. The van der Waals surface area contributed by atoms with Gasteiger partial charge in [-0.15, -0.1) is 5.10 Å². The molecule has 1 amide bonds. The molecule has 0 unspecified atom stereocenters. The van der Waals surface area contributed by atoms with Gasteiger partial charge in [0, 0.05) is 46.1 Å². The molecule has 5 rings (SSSR count). The normalized spacial score (nSPS) is 12.9. The SMILES string of the molecule is CCOC(=O)[C@H](CC#N)C[C@H](N)Cc1ccc(-c2cc(Cl)cc(-n3cc(C(=O)N[C@H](Cc4ccc(-c5cc(Cl)ccc5F)cc4)C[C@@H](CC#N)C(=O)OCC)nn3)c2F)cc1. The Kier molecular flexibility index (Phi) is 16.5. The number of esters is 2. The number of ether oxygens (including phenoxy) is 2. The van der Waals surface area contributed by atoms with Crippen LogP contribution >= 0.6 is 23.2 Å². The molecule has 0 fully saturated rings. The molecule has 4 aromatic carbocycles. The Bertz CT molecular complexity index is 2420. The van der Waals surface area contributed by atoms with E-state index in [4.69, 9.17) is 43.7 Å². The Hall–Kier alpha value is -6.19. The van der Waals surface area contributed by atoms with Gasteiger partial charge < -0.3 is 20.5 Å². The van der Waals surface area contributed by atoms with Crippen LogP contribution < -0.4 is 11.1 Å². The zero-order valence-electron chi connectivity index (χ0n) is 33.4. The Morgan fingerprint density at radius 2 is 1.34 bits per heavy atom. The van der Waals surface area contributed by atoms with Crippen LogP contribution in [0.2, 0.25) is 10.0 Å². The van der Waals surface area contributed by atoms with E-state index in [2.05, 4.69) is 15.6 Å². The molecule has 0 aliphatic rings. The van der Waals surface area contributed by atoms with E-state index >= 15 is 4.39 Å². The zero-order chi connectivity index (χ0) is 44.1. The van der Waals surface area contributed by atoms with Gasteiger partial charge in [0.1, 0.15) is 11.5 Å². The van der Waals surface area contributed by atoms with Gasteiger partial charge in [0.05, 0.1) is 43.4 Å². The van der Waals surface area contributed by atoms with Crippen molar-refractivity contribution in [1.82, 2.24) is 20.3 Å². The summed E-state index contributed by atoms with van der Waals surface area (Å²) in [4.78, 5) is 38.8. The number of aromatic nitrogens is 3. The Labute approximate surface area is 362 Å². The molecule has 0 aliphatic carbocycles. The number of benzene rings is 4. The molecular weight excluding hydrogens is 827 g/mol. The maximum Gasteiger partial charge on any atom is 0.310 e. The van der Waals surface area contributed by atoms with E-state index in [9.17, 15) is 24.0 Å². The predicted molar refractivity (Wildman–Crippen MR) is 225 cm³/mol. The summed E-state index contributed by atoms with van der Waals surface area (Å²) >= 11 is 12.6. The van der Waals surface area contributed by atoms with Gasteiger partial charge in [-0.25, -0.2) is 13.5 Å². The molecule has 316 valence electrons. The predicted octanol–water partition coefficient (Wildman–Crippen LogP) is 8.36. The van der Waals surface area contributed by atoms with Crippen LogP contribution in [0.25, 0.3) is 27.9 Å². The minimum absolute atomic E-state index is 0.00622. The quantitative estimate of drug-likeness (QED) is 0.0764. The monoisotopic (exact) mass is 869 g/mol. The summed E-state index contributed by atoms with van der Waals surface area (Å²) in [6, 6.07) is 23.9. The van der Waals surface area contributed by atoms with Crippen molar-refractivity contribution in [2.75, 3.05) is 13.2 Å². The fourth-order valence-electron chi connectivity index (χ4n) is 6.90. The summed E-state index contributed by atoms with van der Waals surface area (Å²) in [5, 5.41) is 30.1. The Morgan fingerprint density at radius 1 is 0.787 bits per heavy atom. The lowest BCUT2D eigenvalue weighted by molar-refractivity contribution is -0.149. The summed E-state index contributed by atoms with van der Waals surface area (Å²) in [5.74, 6) is -4.34. The number of nitrogens with one attached hydrogen (secondary N) is 1. The summed E-state index contributed by atoms with van der Waals surface area (Å²) in [6.07, 6.45) is 2.01. The van der Waals surface area contributed by atoms with E-state index in [-0.39, 0.29) is 67.3 Å². The average Bonchev–Trinajstić information content (AvgIpc) is 3.73. The van der Waals surface area contributed by atoms with E-state index in [0.717, 1.165) is 15.8 Å². The smallest absolute Gasteiger partial charge is 0.310 e. The lowest BCUT2D eigenvalue weighted by Gasteiger charge is -2.22. The molecule has 16 heteroatoms. The van der Waals surface area contributed by atoms with Crippen LogP contribution in [-0.2, 0) is 31.9 Å². The van der Waals surface area contributed by atoms with Gasteiger partial charge in [-0.2, -0.15) is 10.5 Å². The van der Waals surface area contributed by atoms with Gasteiger partial charge >= 0.3 is 11.9 Å². The van der Waals surface area contributed by atoms with Crippen LogP contribution in [-0.4, -0.2) is 58.1 Å². The van der Waals surface area contributed by atoms with Gasteiger partial charge in [0.15, 0.2) is 11.5 Å². The van der Waals surface area contributed by atoms with Gasteiger partial charge in [-0.3, -0.25) is 14.4 Å². The maximum atomic E-state index is 16.2. The third-order valence-electron chi connectivity index (χ3n) is 9.84. The number of rotatable bonds is 19. The average molecular weight is 871 g/mol. The van der Waals surface area contributed by atoms with Crippen LogP contribution in [0.5, 0.6) is 0 Å².